The number of benzene rings is 1. The molecule has 0 bridgehead atoms. The van der Waals surface area contributed by atoms with E-state index in [1.807, 2.05) is 0 Å². The lowest BCUT2D eigenvalue weighted by atomic mass is 10.0. The van der Waals surface area contributed by atoms with E-state index < -0.39 is 6.61 Å². The van der Waals surface area contributed by atoms with Crippen molar-refractivity contribution >= 4 is 5.91 Å². The van der Waals surface area contributed by atoms with E-state index in [4.69, 9.17) is 0 Å². The van der Waals surface area contributed by atoms with Gasteiger partial charge in [0.25, 0.3) is 0 Å². The minimum absolute atomic E-state index is 0.0526. The number of carbonyl (C=O) groups excluding carboxylic acids is 1. The molecule has 1 aliphatic heterocycles. The average molecular weight is 340 g/mol. The molecule has 1 aromatic carbocycles. The van der Waals surface area contributed by atoms with Crippen molar-refractivity contribution in [1.82, 2.24) is 10.2 Å². The fraction of sp³-hybridized carbons (Fsp3) is 0.611. The van der Waals surface area contributed by atoms with Gasteiger partial charge < -0.3 is 15.0 Å². The van der Waals surface area contributed by atoms with Crippen molar-refractivity contribution in [1.29, 1.82) is 0 Å². The number of aryl methyl sites for hydroxylation is 1. The van der Waals surface area contributed by atoms with Crippen LogP contribution in [0.5, 0.6) is 5.75 Å². The van der Waals surface area contributed by atoms with E-state index in [1.54, 1.807) is 12.1 Å². The number of ether oxygens (including phenoxy) is 1. The van der Waals surface area contributed by atoms with Crippen molar-refractivity contribution in [3.05, 3.63) is 29.8 Å². The minimum atomic E-state index is -2.81. The van der Waals surface area contributed by atoms with Gasteiger partial charge in [-0.05, 0) is 49.9 Å². The second kappa shape index (κ2) is 9.57. The Bertz CT molecular complexity index is 500. The standard InChI is InChI=1S/C18H26F2N2O2/c1-2-11-22-12-9-15(10-13-22)21-17(23)8-5-14-3-6-16(7-4-14)24-18(19)20/h3-4,6-7,15,18H,2,5,8-13H2,1H3,(H,21,23). The number of halogens is 2. The van der Waals surface area contributed by atoms with Crippen LogP contribution in [0.2, 0.25) is 0 Å². The fourth-order valence-corrected chi connectivity index (χ4v) is 3.01. The lowest BCUT2D eigenvalue weighted by Gasteiger charge is -2.32. The molecule has 0 aromatic heterocycles. The van der Waals surface area contributed by atoms with Gasteiger partial charge in [0.05, 0.1) is 0 Å². The Labute approximate surface area is 142 Å². The molecular formula is C18H26F2N2O2. The van der Waals surface area contributed by atoms with E-state index in [0.29, 0.717) is 12.8 Å². The first kappa shape index (κ1) is 18.6. The van der Waals surface area contributed by atoms with Crippen molar-refractivity contribution in [2.45, 2.75) is 51.7 Å². The molecule has 0 radical (unpaired) electrons. The van der Waals surface area contributed by atoms with E-state index >= 15 is 0 Å². The highest BCUT2D eigenvalue weighted by atomic mass is 19.3. The molecule has 0 saturated carbocycles. The Balaban J connectivity index is 1.68. The second-order valence-electron chi connectivity index (χ2n) is 6.21. The van der Waals surface area contributed by atoms with Crippen LogP contribution in [-0.4, -0.2) is 43.1 Å². The second-order valence-corrected chi connectivity index (χ2v) is 6.21. The third kappa shape index (κ3) is 6.43. The normalized spacial score (nSPS) is 16.3. The summed E-state index contributed by atoms with van der Waals surface area (Å²) in [6, 6.07) is 6.71. The van der Waals surface area contributed by atoms with Crippen LogP contribution < -0.4 is 10.1 Å². The number of likely N-dealkylation sites (tertiary alicyclic amines) is 1. The molecule has 0 aliphatic carbocycles. The summed E-state index contributed by atoms with van der Waals surface area (Å²) in [4.78, 5) is 14.5. The van der Waals surface area contributed by atoms with Gasteiger partial charge in [-0.25, -0.2) is 0 Å². The van der Waals surface area contributed by atoms with Gasteiger partial charge in [0, 0.05) is 25.6 Å². The lowest BCUT2D eigenvalue weighted by Crippen LogP contribution is -2.44. The van der Waals surface area contributed by atoms with E-state index in [0.717, 1.165) is 44.5 Å². The van der Waals surface area contributed by atoms with Gasteiger partial charge >= 0.3 is 6.61 Å². The molecule has 2 rings (SSSR count). The van der Waals surface area contributed by atoms with E-state index in [1.165, 1.54) is 12.1 Å². The fourth-order valence-electron chi connectivity index (χ4n) is 3.01. The van der Waals surface area contributed by atoms with Crippen molar-refractivity contribution in [3.8, 4) is 5.75 Å². The summed E-state index contributed by atoms with van der Waals surface area (Å²) in [5.41, 5.74) is 0.935. The highest BCUT2D eigenvalue weighted by molar-refractivity contribution is 5.76. The van der Waals surface area contributed by atoms with Gasteiger partial charge in [-0.2, -0.15) is 8.78 Å². The van der Waals surface area contributed by atoms with E-state index in [9.17, 15) is 13.6 Å². The Hall–Kier alpha value is -1.69. The predicted molar refractivity (Wildman–Crippen MR) is 89.3 cm³/mol. The first-order valence-electron chi connectivity index (χ1n) is 8.62. The zero-order chi connectivity index (χ0) is 17.4. The third-order valence-corrected chi connectivity index (χ3v) is 4.28. The van der Waals surface area contributed by atoms with Crippen LogP contribution in [-0.2, 0) is 11.2 Å². The summed E-state index contributed by atoms with van der Waals surface area (Å²) < 4.78 is 28.5. The van der Waals surface area contributed by atoms with Crippen molar-refractivity contribution < 1.29 is 18.3 Å². The Kier molecular flexibility index (Phi) is 7.43. The average Bonchev–Trinajstić information content (AvgIpc) is 2.56. The van der Waals surface area contributed by atoms with Crippen molar-refractivity contribution in [2.24, 2.45) is 0 Å². The van der Waals surface area contributed by atoms with Crippen LogP contribution in [0, 0.1) is 0 Å². The van der Waals surface area contributed by atoms with E-state index in [-0.39, 0.29) is 17.7 Å². The Morgan fingerprint density at radius 1 is 1.29 bits per heavy atom. The number of amides is 1. The molecule has 1 N–H and O–H groups in total. The maximum absolute atomic E-state index is 12.1. The molecule has 1 amide bonds. The summed E-state index contributed by atoms with van der Waals surface area (Å²) in [6.45, 7) is 2.59. The monoisotopic (exact) mass is 340 g/mol. The SMILES string of the molecule is CCCN1CCC(NC(=O)CCc2ccc(OC(F)F)cc2)CC1. The van der Waals surface area contributed by atoms with Gasteiger partial charge in [-0.3, -0.25) is 4.79 Å². The molecule has 1 fully saturated rings. The summed E-state index contributed by atoms with van der Waals surface area (Å²) in [5, 5.41) is 3.10. The van der Waals surface area contributed by atoms with Crippen LogP contribution in [0.3, 0.4) is 0 Å². The van der Waals surface area contributed by atoms with Crippen molar-refractivity contribution in [2.75, 3.05) is 19.6 Å². The zero-order valence-electron chi connectivity index (χ0n) is 14.1. The largest absolute Gasteiger partial charge is 0.435 e. The van der Waals surface area contributed by atoms with Gasteiger partial charge in [0.1, 0.15) is 5.75 Å². The third-order valence-electron chi connectivity index (χ3n) is 4.28. The summed E-state index contributed by atoms with van der Waals surface area (Å²) in [5.74, 6) is 0.189. The topological polar surface area (TPSA) is 41.6 Å². The molecular weight excluding hydrogens is 314 g/mol. The van der Waals surface area contributed by atoms with Gasteiger partial charge in [0.15, 0.2) is 0 Å². The highest BCUT2D eigenvalue weighted by Crippen LogP contribution is 2.16. The van der Waals surface area contributed by atoms with Gasteiger partial charge in [-0.15, -0.1) is 0 Å². The zero-order valence-corrected chi connectivity index (χ0v) is 14.1. The first-order chi connectivity index (χ1) is 11.6. The molecule has 0 spiro atoms. The molecule has 4 nitrogen and oxygen atoms in total. The number of alkyl halides is 2. The molecule has 134 valence electrons. The number of piperidine rings is 1. The molecule has 0 atom stereocenters. The highest BCUT2D eigenvalue weighted by Gasteiger charge is 2.19. The quantitative estimate of drug-likeness (QED) is 0.790. The maximum Gasteiger partial charge on any atom is 0.387 e. The first-order valence-corrected chi connectivity index (χ1v) is 8.62. The molecule has 0 unspecified atom stereocenters. The Morgan fingerprint density at radius 3 is 2.54 bits per heavy atom. The van der Waals surface area contributed by atoms with E-state index in [2.05, 4.69) is 21.9 Å². The maximum atomic E-state index is 12.1. The smallest absolute Gasteiger partial charge is 0.387 e. The van der Waals surface area contributed by atoms with Crippen LogP contribution in [0.15, 0.2) is 24.3 Å². The van der Waals surface area contributed by atoms with Crippen LogP contribution in [0.25, 0.3) is 0 Å². The van der Waals surface area contributed by atoms with Crippen LogP contribution in [0.4, 0.5) is 8.78 Å². The summed E-state index contributed by atoms with van der Waals surface area (Å²) in [7, 11) is 0. The lowest BCUT2D eigenvalue weighted by molar-refractivity contribution is -0.122. The molecule has 1 saturated heterocycles. The van der Waals surface area contributed by atoms with Crippen molar-refractivity contribution in [3.63, 3.8) is 0 Å². The summed E-state index contributed by atoms with van der Waals surface area (Å²) in [6.07, 6.45) is 4.18. The van der Waals surface area contributed by atoms with Gasteiger partial charge in [-0.1, -0.05) is 19.1 Å². The molecule has 1 heterocycles. The number of nitrogens with zero attached hydrogens (tertiary/aromatic N) is 1. The minimum Gasteiger partial charge on any atom is -0.435 e. The molecule has 1 aromatic rings. The number of rotatable bonds is 8. The number of hydrogen-bond donors (Lipinski definition) is 1. The van der Waals surface area contributed by atoms with Gasteiger partial charge in [0.2, 0.25) is 5.91 Å². The number of hydrogen-bond acceptors (Lipinski definition) is 3. The molecule has 24 heavy (non-hydrogen) atoms. The summed E-state index contributed by atoms with van der Waals surface area (Å²) >= 11 is 0. The Morgan fingerprint density at radius 2 is 1.96 bits per heavy atom. The molecule has 1 aliphatic rings. The van der Waals surface area contributed by atoms with Crippen LogP contribution >= 0.6 is 0 Å². The van der Waals surface area contributed by atoms with Crippen LogP contribution in [0.1, 0.15) is 38.2 Å². The number of nitrogens with one attached hydrogen (secondary N) is 1. The number of carbonyl (C=O) groups is 1. The molecule has 6 heteroatoms. The predicted octanol–water partition coefficient (Wildman–Crippen LogP) is 3.21.